The summed E-state index contributed by atoms with van der Waals surface area (Å²) in [5, 5.41) is 4.51. The molecule has 1 aliphatic rings. The number of nitrogens with one attached hydrogen (secondary N) is 1. The topological polar surface area (TPSA) is 88.2 Å². The minimum atomic E-state index is -0.546. The number of rotatable bonds is 11. The molecule has 2 heterocycles. The maximum Gasteiger partial charge on any atom is 0.325 e. The summed E-state index contributed by atoms with van der Waals surface area (Å²) in [5.74, 6) is -1.15. The second-order valence-electron chi connectivity index (χ2n) is 8.38. The fourth-order valence-electron chi connectivity index (χ4n) is 3.77. The first-order chi connectivity index (χ1) is 16.9. The summed E-state index contributed by atoms with van der Waals surface area (Å²) in [6.07, 6.45) is 1.52. The average Bonchev–Trinajstić information content (AvgIpc) is 3.50. The van der Waals surface area contributed by atoms with Gasteiger partial charge in [0.25, 0.3) is 0 Å². The molecule has 1 N–H and O–H groups in total. The van der Waals surface area contributed by atoms with Crippen LogP contribution in [0.3, 0.4) is 0 Å². The zero-order valence-electron chi connectivity index (χ0n) is 20.1. The molecule has 35 heavy (non-hydrogen) atoms. The van der Waals surface area contributed by atoms with Gasteiger partial charge in [-0.1, -0.05) is 12.1 Å². The number of benzene rings is 1. The number of nitrogens with zero attached hydrogens (tertiary/aromatic N) is 2. The van der Waals surface area contributed by atoms with Crippen LogP contribution < -0.4 is 5.32 Å². The Bertz CT molecular complexity index is 991. The molecule has 3 amide bonds. The predicted molar refractivity (Wildman–Crippen MR) is 130 cm³/mol. The molecule has 1 saturated heterocycles. The first kappa shape index (κ1) is 26.6. The zero-order valence-corrected chi connectivity index (χ0v) is 20.9. The Morgan fingerprint density at radius 1 is 1.17 bits per heavy atom. The number of carbonyl (C=O) groups is 3. The molecule has 0 bridgehead atoms. The molecule has 190 valence electrons. The van der Waals surface area contributed by atoms with E-state index in [0.717, 1.165) is 28.8 Å². The highest BCUT2D eigenvalue weighted by Crippen LogP contribution is 2.20. The number of hydrogen-bond acceptors (Lipinski definition) is 6. The first-order valence-electron chi connectivity index (χ1n) is 11.7. The second-order valence-corrected chi connectivity index (χ2v) is 9.38. The lowest BCUT2D eigenvalue weighted by atomic mass is 10.2. The standard InChI is InChI=1S/C25H32FN3O5S/c1-3-33-24(31)13-27-25(32)29(15-21-5-4-11-34-21)17-23(30)28(16-22-18(2)10-12-35-22)14-19-6-8-20(26)9-7-19/h6-10,12,21H,3-5,11,13-17H2,1-2H3,(H,27,32). The SMILES string of the molecule is CCOC(=O)CNC(=O)N(CC(=O)N(Cc1ccc(F)cc1)Cc1sccc1C)CC1CCCO1. The molecular weight excluding hydrogens is 473 g/mol. The molecule has 1 aromatic carbocycles. The van der Waals surface area contributed by atoms with Gasteiger partial charge in [-0.25, -0.2) is 9.18 Å². The Kier molecular flexibility index (Phi) is 10.0. The lowest BCUT2D eigenvalue weighted by Crippen LogP contribution is -2.50. The van der Waals surface area contributed by atoms with E-state index in [0.29, 0.717) is 13.2 Å². The number of ether oxygens (including phenoxy) is 2. The highest BCUT2D eigenvalue weighted by atomic mass is 32.1. The van der Waals surface area contributed by atoms with Crippen molar-refractivity contribution in [2.75, 3.05) is 32.8 Å². The maximum atomic E-state index is 13.5. The van der Waals surface area contributed by atoms with E-state index in [1.807, 2.05) is 18.4 Å². The number of thiophene rings is 1. The van der Waals surface area contributed by atoms with Crippen molar-refractivity contribution in [3.05, 3.63) is 57.5 Å². The lowest BCUT2D eigenvalue weighted by Gasteiger charge is -2.29. The summed E-state index contributed by atoms with van der Waals surface area (Å²) >= 11 is 1.56. The van der Waals surface area contributed by atoms with Gasteiger partial charge >= 0.3 is 12.0 Å². The molecule has 1 aliphatic heterocycles. The van der Waals surface area contributed by atoms with Crippen molar-refractivity contribution in [1.82, 2.24) is 15.1 Å². The smallest absolute Gasteiger partial charge is 0.325 e. The number of urea groups is 1. The van der Waals surface area contributed by atoms with Crippen LogP contribution in [-0.2, 0) is 32.2 Å². The Morgan fingerprint density at radius 3 is 2.57 bits per heavy atom. The van der Waals surface area contributed by atoms with Crippen molar-refractivity contribution < 1.29 is 28.2 Å². The lowest BCUT2D eigenvalue weighted by molar-refractivity contribution is -0.141. The second kappa shape index (κ2) is 13.2. The molecule has 1 aromatic heterocycles. The number of esters is 1. The van der Waals surface area contributed by atoms with E-state index in [2.05, 4.69) is 5.32 Å². The first-order valence-corrected chi connectivity index (χ1v) is 12.6. The van der Waals surface area contributed by atoms with Gasteiger partial charge in [0.1, 0.15) is 18.9 Å². The van der Waals surface area contributed by atoms with Gasteiger partial charge in [-0.2, -0.15) is 0 Å². The van der Waals surface area contributed by atoms with Crippen LogP contribution in [0.4, 0.5) is 9.18 Å². The third-order valence-corrected chi connectivity index (χ3v) is 6.70. The fourth-order valence-corrected chi connectivity index (χ4v) is 4.69. The van der Waals surface area contributed by atoms with Crippen molar-refractivity contribution in [2.45, 2.75) is 45.9 Å². The van der Waals surface area contributed by atoms with Gasteiger partial charge in [-0.05, 0) is 61.4 Å². The molecule has 0 aliphatic carbocycles. The number of hydrogen-bond donors (Lipinski definition) is 1. The van der Waals surface area contributed by atoms with E-state index in [-0.39, 0.29) is 50.6 Å². The highest BCUT2D eigenvalue weighted by Gasteiger charge is 2.27. The Balaban J connectivity index is 1.74. The van der Waals surface area contributed by atoms with Gasteiger partial charge in [0.15, 0.2) is 0 Å². The van der Waals surface area contributed by atoms with Crippen LogP contribution in [0, 0.1) is 12.7 Å². The summed E-state index contributed by atoms with van der Waals surface area (Å²) in [6, 6.07) is 7.48. The Hall–Kier alpha value is -2.98. The van der Waals surface area contributed by atoms with Crippen LogP contribution in [0.1, 0.15) is 35.8 Å². The van der Waals surface area contributed by atoms with E-state index in [1.165, 1.54) is 17.0 Å². The number of aryl methyl sites for hydroxylation is 1. The summed E-state index contributed by atoms with van der Waals surface area (Å²) in [6.45, 7) is 4.93. The molecule has 8 nitrogen and oxygen atoms in total. The molecule has 2 aromatic rings. The van der Waals surface area contributed by atoms with E-state index in [1.54, 1.807) is 35.3 Å². The molecule has 1 fully saturated rings. The highest BCUT2D eigenvalue weighted by molar-refractivity contribution is 7.10. The van der Waals surface area contributed by atoms with Gasteiger partial charge in [-0.3, -0.25) is 9.59 Å². The summed E-state index contributed by atoms with van der Waals surface area (Å²) in [7, 11) is 0. The van der Waals surface area contributed by atoms with Crippen LogP contribution in [-0.4, -0.2) is 66.7 Å². The molecular formula is C25H32FN3O5S. The van der Waals surface area contributed by atoms with Gasteiger partial charge in [0.05, 0.1) is 19.3 Å². The monoisotopic (exact) mass is 505 g/mol. The molecule has 0 radical (unpaired) electrons. The van der Waals surface area contributed by atoms with Crippen molar-refractivity contribution in [3.63, 3.8) is 0 Å². The van der Waals surface area contributed by atoms with Gasteiger partial charge in [0.2, 0.25) is 5.91 Å². The third kappa shape index (κ3) is 8.32. The molecule has 3 rings (SSSR count). The van der Waals surface area contributed by atoms with Crippen molar-refractivity contribution in [3.8, 4) is 0 Å². The quantitative estimate of drug-likeness (QED) is 0.473. The minimum Gasteiger partial charge on any atom is -0.465 e. The molecule has 1 atom stereocenters. The molecule has 10 heteroatoms. The van der Waals surface area contributed by atoms with E-state index in [4.69, 9.17) is 9.47 Å². The fraction of sp³-hybridized carbons (Fsp3) is 0.480. The number of carbonyl (C=O) groups excluding carboxylic acids is 3. The molecule has 0 spiro atoms. The molecule has 1 unspecified atom stereocenters. The van der Waals surface area contributed by atoms with Crippen molar-refractivity contribution in [2.24, 2.45) is 0 Å². The third-order valence-electron chi connectivity index (χ3n) is 5.69. The zero-order chi connectivity index (χ0) is 25.2. The summed E-state index contributed by atoms with van der Waals surface area (Å²) in [5.41, 5.74) is 1.86. The van der Waals surface area contributed by atoms with Gasteiger partial charge < -0.3 is 24.6 Å². The minimum absolute atomic E-state index is 0.166. The van der Waals surface area contributed by atoms with Crippen LogP contribution >= 0.6 is 11.3 Å². The number of halogens is 1. The van der Waals surface area contributed by atoms with Gasteiger partial charge in [0, 0.05) is 24.6 Å². The van der Waals surface area contributed by atoms with Crippen molar-refractivity contribution in [1.29, 1.82) is 0 Å². The van der Waals surface area contributed by atoms with E-state index >= 15 is 0 Å². The van der Waals surface area contributed by atoms with Crippen molar-refractivity contribution >= 4 is 29.2 Å². The predicted octanol–water partition coefficient (Wildman–Crippen LogP) is 3.48. The Morgan fingerprint density at radius 2 is 1.94 bits per heavy atom. The van der Waals surface area contributed by atoms with Gasteiger partial charge in [-0.15, -0.1) is 11.3 Å². The van der Waals surface area contributed by atoms with Crippen LogP contribution in [0.5, 0.6) is 0 Å². The maximum absolute atomic E-state index is 13.5. The van der Waals surface area contributed by atoms with Crippen LogP contribution in [0.15, 0.2) is 35.7 Å². The van der Waals surface area contributed by atoms with Crippen LogP contribution in [0.2, 0.25) is 0 Å². The molecule has 0 saturated carbocycles. The van der Waals surface area contributed by atoms with Crippen LogP contribution in [0.25, 0.3) is 0 Å². The van der Waals surface area contributed by atoms with E-state index in [9.17, 15) is 18.8 Å². The normalized spacial score (nSPS) is 15.0. The number of amides is 3. The van der Waals surface area contributed by atoms with E-state index < -0.39 is 12.0 Å². The Labute approximate surface area is 209 Å². The average molecular weight is 506 g/mol. The summed E-state index contributed by atoms with van der Waals surface area (Å²) < 4.78 is 23.9. The largest absolute Gasteiger partial charge is 0.465 e. The summed E-state index contributed by atoms with van der Waals surface area (Å²) in [4.78, 5) is 42.2.